The van der Waals surface area contributed by atoms with Crippen LogP contribution in [0.5, 0.6) is 0 Å². The molecule has 3 heterocycles. The number of nitrogens with zero attached hydrogens (tertiary/aromatic N) is 4. The third-order valence-corrected chi connectivity index (χ3v) is 4.78. The number of aromatic nitrogens is 2. The maximum atomic E-state index is 12.4. The molecule has 10 heteroatoms. The summed E-state index contributed by atoms with van der Waals surface area (Å²) in [5, 5.41) is 18.9. The van der Waals surface area contributed by atoms with Crippen molar-refractivity contribution >= 4 is 17.3 Å². The second kappa shape index (κ2) is 8.13. The Labute approximate surface area is 165 Å². The molecule has 1 aliphatic heterocycles. The molecule has 0 bridgehead atoms. The summed E-state index contributed by atoms with van der Waals surface area (Å²) in [7, 11) is 0. The fourth-order valence-electron chi connectivity index (χ4n) is 3.30. The highest BCUT2D eigenvalue weighted by Gasteiger charge is 2.29. The van der Waals surface area contributed by atoms with E-state index in [1.807, 2.05) is 4.90 Å². The lowest BCUT2D eigenvalue weighted by Gasteiger charge is -2.32. The summed E-state index contributed by atoms with van der Waals surface area (Å²) in [5.74, 6) is 0.227. The fraction of sp³-hybridized carbons (Fsp3) is 0.316. The number of rotatable bonds is 6. The highest BCUT2D eigenvalue weighted by Crippen LogP contribution is 2.31. The van der Waals surface area contributed by atoms with E-state index in [0.29, 0.717) is 37.4 Å². The molecule has 4 rings (SSSR count). The lowest BCUT2D eigenvalue weighted by atomic mass is 9.96. The fourth-order valence-corrected chi connectivity index (χ4v) is 3.30. The molecular formula is C19H18N4O6. The molecule has 0 saturated carbocycles. The van der Waals surface area contributed by atoms with Crippen molar-refractivity contribution < 1.29 is 23.3 Å². The van der Waals surface area contributed by atoms with E-state index in [-0.39, 0.29) is 36.0 Å². The van der Waals surface area contributed by atoms with E-state index >= 15 is 0 Å². The summed E-state index contributed by atoms with van der Waals surface area (Å²) >= 11 is 0. The summed E-state index contributed by atoms with van der Waals surface area (Å²) in [6.07, 6.45) is 2.59. The molecule has 1 aromatic carbocycles. The van der Waals surface area contributed by atoms with Crippen molar-refractivity contribution in [1.82, 2.24) is 10.2 Å². The number of hydrogen-bond acceptors (Lipinski definition) is 9. The Morgan fingerprint density at radius 2 is 2.00 bits per heavy atom. The molecule has 2 aromatic heterocycles. The van der Waals surface area contributed by atoms with Crippen LogP contribution >= 0.6 is 0 Å². The van der Waals surface area contributed by atoms with Crippen molar-refractivity contribution in [3.8, 4) is 11.7 Å². The van der Waals surface area contributed by atoms with E-state index in [1.165, 1.54) is 12.3 Å². The number of esters is 1. The van der Waals surface area contributed by atoms with Gasteiger partial charge in [0.15, 0.2) is 12.4 Å². The smallest absolute Gasteiger partial charge is 0.309 e. The SMILES string of the molecule is O=C(OCc1nnc(-c2ccco2)o1)C1CCN(c2ccccc2[N+](=O)[O-])CC1. The van der Waals surface area contributed by atoms with Crippen LogP contribution in [-0.4, -0.2) is 34.2 Å². The maximum Gasteiger partial charge on any atom is 0.309 e. The zero-order valence-corrected chi connectivity index (χ0v) is 15.4. The third-order valence-electron chi connectivity index (χ3n) is 4.78. The highest BCUT2D eigenvalue weighted by molar-refractivity contribution is 5.73. The molecule has 10 nitrogen and oxygen atoms in total. The van der Waals surface area contributed by atoms with Gasteiger partial charge in [-0.15, -0.1) is 10.2 Å². The van der Waals surface area contributed by atoms with Crippen molar-refractivity contribution in [2.24, 2.45) is 5.92 Å². The first-order chi connectivity index (χ1) is 14.1. The minimum absolute atomic E-state index is 0.0669. The molecule has 1 fully saturated rings. The number of furan rings is 1. The Morgan fingerprint density at radius 1 is 1.21 bits per heavy atom. The summed E-state index contributed by atoms with van der Waals surface area (Å²) in [4.78, 5) is 25.1. The molecule has 3 aromatic rings. The van der Waals surface area contributed by atoms with Gasteiger partial charge in [0.2, 0.25) is 0 Å². The van der Waals surface area contributed by atoms with Crippen LogP contribution in [0, 0.1) is 16.0 Å². The Kier molecular flexibility index (Phi) is 5.23. The van der Waals surface area contributed by atoms with Crippen LogP contribution in [0.25, 0.3) is 11.7 Å². The van der Waals surface area contributed by atoms with Crippen LogP contribution in [0.4, 0.5) is 11.4 Å². The van der Waals surface area contributed by atoms with E-state index in [2.05, 4.69) is 10.2 Å². The van der Waals surface area contributed by atoms with Gasteiger partial charge in [-0.05, 0) is 31.0 Å². The van der Waals surface area contributed by atoms with Crippen molar-refractivity contribution in [1.29, 1.82) is 0 Å². The zero-order valence-electron chi connectivity index (χ0n) is 15.4. The number of carbonyl (C=O) groups is 1. The summed E-state index contributed by atoms with van der Waals surface area (Å²) in [6, 6.07) is 10.0. The van der Waals surface area contributed by atoms with E-state index in [0.717, 1.165) is 0 Å². The monoisotopic (exact) mass is 398 g/mol. The van der Waals surface area contributed by atoms with Gasteiger partial charge in [-0.2, -0.15) is 0 Å². The molecule has 29 heavy (non-hydrogen) atoms. The van der Waals surface area contributed by atoms with Crippen LogP contribution < -0.4 is 4.90 Å². The van der Waals surface area contributed by atoms with Crippen LogP contribution in [0.2, 0.25) is 0 Å². The number of carbonyl (C=O) groups excluding carboxylic acids is 1. The van der Waals surface area contributed by atoms with Gasteiger partial charge in [-0.3, -0.25) is 14.9 Å². The second-order valence-corrected chi connectivity index (χ2v) is 6.59. The number of hydrogen-bond donors (Lipinski definition) is 0. The number of para-hydroxylation sites is 2. The van der Waals surface area contributed by atoms with Gasteiger partial charge in [-0.25, -0.2) is 0 Å². The van der Waals surface area contributed by atoms with Gasteiger partial charge in [0.05, 0.1) is 17.1 Å². The van der Waals surface area contributed by atoms with Crippen molar-refractivity contribution in [3.05, 3.63) is 58.7 Å². The molecule has 0 radical (unpaired) electrons. The highest BCUT2D eigenvalue weighted by atomic mass is 16.6. The minimum Gasteiger partial charge on any atom is -0.459 e. The van der Waals surface area contributed by atoms with E-state index in [9.17, 15) is 14.9 Å². The number of ether oxygens (including phenoxy) is 1. The van der Waals surface area contributed by atoms with Crippen LogP contribution in [0.3, 0.4) is 0 Å². The number of nitro groups is 1. The molecule has 1 saturated heterocycles. The minimum atomic E-state index is -0.392. The number of anilines is 1. The summed E-state index contributed by atoms with van der Waals surface area (Å²) < 4.78 is 15.9. The number of benzene rings is 1. The van der Waals surface area contributed by atoms with Crippen molar-refractivity contribution in [2.45, 2.75) is 19.4 Å². The topological polar surface area (TPSA) is 125 Å². The molecule has 0 aliphatic carbocycles. The van der Waals surface area contributed by atoms with Gasteiger partial charge in [0, 0.05) is 19.2 Å². The Morgan fingerprint density at radius 3 is 2.72 bits per heavy atom. The molecule has 0 atom stereocenters. The maximum absolute atomic E-state index is 12.4. The average molecular weight is 398 g/mol. The molecule has 150 valence electrons. The number of nitro benzene ring substituents is 1. The van der Waals surface area contributed by atoms with E-state index in [4.69, 9.17) is 13.6 Å². The molecule has 0 amide bonds. The first-order valence-electron chi connectivity index (χ1n) is 9.13. The van der Waals surface area contributed by atoms with Gasteiger partial charge in [0.25, 0.3) is 17.5 Å². The lowest BCUT2D eigenvalue weighted by Crippen LogP contribution is -2.37. The average Bonchev–Trinajstić information content (AvgIpc) is 3.44. The summed E-state index contributed by atoms with van der Waals surface area (Å²) in [5.41, 5.74) is 0.637. The van der Waals surface area contributed by atoms with Crippen LogP contribution in [0.1, 0.15) is 18.7 Å². The zero-order chi connectivity index (χ0) is 20.2. The van der Waals surface area contributed by atoms with Gasteiger partial charge < -0.3 is 18.5 Å². The number of piperidine rings is 1. The predicted octanol–water partition coefficient (Wildman–Crippen LogP) is 3.20. The van der Waals surface area contributed by atoms with Crippen LogP contribution in [0.15, 0.2) is 51.5 Å². The molecule has 1 aliphatic rings. The van der Waals surface area contributed by atoms with Crippen molar-refractivity contribution in [2.75, 3.05) is 18.0 Å². The predicted molar refractivity (Wildman–Crippen MR) is 99.8 cm³/mol. The van der Waals surface area contributed by atoms with Gasteiger partial charge in [0.1, 0.15) is 5.69 Å². The normalized spacial score (nSPS) is 14.7. The quantitative estimate of drug-likeness (QED) is 0.349. The largest absolute Gasteiger partial charge is 0.459 e. The Balaban J connectivity index is 1.30. The van der Waals surface area contributed by atoms with Crippen LogP contribution in [-0.2, 0) is 16.1 Å². The lowest BCUT2D eigenvalue weighted by molar-refractivity contribution is -0.384. The first kappa shape index (κ1) is 18.7. The molecular weight excluding hydrogens is 380 g/mol. The Hall–Kier alpha value is -3.69. The van der Waals surface area contributed by atoms with E-state index in [1.54, 1.807) is 30.3 Å². The second-order valence-electron chi connectivity index (χ2n) is 6.59. The van der Waals surface area contributed by atoms with E-state index < -0.39 is 4.92 Å². The van der Waals surface area contributed by atoms with Gasteiger partial charge in [-0.1, -0.05) is 12.1 Å². The standard InChI is InChI=1S/C19H18N4O6/c24-19(28-12-17-20-21-18(29-17)16-6-3-11-27-16)13-7-9-22(10-8-13)14-4-1-2-5-15(14)23(25)26/h1-6,11,13H,7-10,12H2. The van der Waals surface area contributed by atoms with Gasteiger partial charge >= 0.3 is 5.97 Å². The summed E-state index contributed by atoms with van der Waals surface area (Å²) in [6.45, 7) is 0.957. The van der Waals surface area contributed by atoms with Crippen molar-refractivity contribution in [3.63, 3.8) is 0 Å². The Bertz CT molecular complexity index is 992. The third kappa shape index (κ3) is 4.10. The first-order valence-corrected chi connectivity index (χ1v) is 9.13. The molecule has 0 unspecified atom stereocenters. The molecule has 0 spiro atoms. The molecule has 0 N–H and O–H groups in total.